The lowest BCUT2D eigenvalue weighted by Crippen LogP contribution is -2.30. The summed E-state index contributed by atoms with van der Waals surface area (Å²) in [7, 11) is 2.00. The maximum absolute atomic E-state index is 7.81. The van der Waals surface area contributed by atoms with Gasteiger partial charge in [0.25, 0.3) is 0 Å². The molecule has 100 valence electrons. The van der Waals surface area contributed by atoms with E-state index in [1.807, 2.05) is 39.2 Å². The number of rotatable bonds is 1. The average Bonchev–Trinajstić information content (AvgIpc) is 2.48. The van der Waals surface area contributed by atoms with Gasteiger partial charge in [-0.3, -0.25) is 0 Å². The third kappa shape index (κ3) is 2.00. The molecule has 0 spiro atoms. The Morgan fingerprint density at radius 1 is 1.05 bits per heavy atom. The molecule has 0 unspecified atom stereocenters. The van der Waals surface area contributed by atoms with E-state index in [2.05, 4.69) is 28.8 Å². The van der Waals surface area contributed by atoms with Crippen LogP contribution in [0.2, 0.25) is 0 Å². The SMILES string of the molecule is [2H]C([2H])([2H])c1cc(C)cc(-c2c3ccccc3cc[n+]2C)c1C. The summed E-state index contributed by atoms with van der Waals surface area (Å²) in [5.74, 6) is 0. The van der Waals surface area contributed by atoms with Crippen molar-refractivity contribution in [1.82, 2.24) is 0 Å². The van der Waals surface area contributed by atoms with Crippen molar-refractivity contribution < 1.29 is 8.68 Å². The second-order valence-corrected chi connectivity index (χ2v) is 5.35. The van der Waals surface area contributed by atoms with Crippen molar-refractivity contribution in [1.29, 1.82) is 0 Å². The molecule has 1 heteroatoms. The predicted octanol–water partition coefficient (Wildman–Crippen LogP) is 4.26. The lowest BCUT2D eigenvalue weighted by atomic mass is 9.95. The summed E-state index contributed by atoms with van der Waals surface area (Å²) in [6, 6.07) is 14.1. The van der Waals surface area contributed by atoms with Gasteiger partial charge in [0.05, 0.1) is 10.9 Å². The summed E-state index contributed by atoms with van der Waals surface area (Å²) in [6.07, 6.45) is 2.02. The Labute approximate surface area is 124 Å². The molecule has 2 aromatic carbocycles. The molecular weight excluding hydrogens is 242 g/mol. The van der Waals surface area contributed by atoms with E-state index in [1.165, 1.54) is 0 Å². The van der Waals surface area contributed by atoms with Crippen molar-refractivity contribution in [3.05, 3.63) is 65.4 Å². The Hall–Kier alpha value is -2.15. The van der Waals surface area contributed by atoms with Gasteiger partial charge < -0.3 is 0 Å². The number of hydrogen-bond acceptors (Lipinski definition) is 0. The molecule has 0 N–H and O–H groups in total. The van der Waals surface area contributed by atoms with E-state index in [0.29, 0.717) is 5.56 Å². The van der Waals surface area contributed by atoms with Crippen LogP contribution in [0, 0.1) is 20.7 Å². The molecule has 0 aliphatic rings. The van der Waals surface area contributed by atoms with Crippen LogP contribution in [0.25, 0.3) is 22.0 Å². The molecule has 0 aliphatic heterocycles. The van der Waals surface area contributed by atoms with Crippen molar-refractivity contribution in [2.24, 2.45) is 7.05 Å². The lowest BCUT2D eigenvalue weighted by Gasteiger charge is -2.11. The largest absolute Gasteiger partial charge is 0.220 e. The van der Waals surface area contributed by atoms with Gasteiger partial charge in [-0.2, -0.15) is 0 Å². The van der Waals surface area contributed by atoms with Crippen molar-refractivity contribution >= 4 is 10.8 Å². The molecule has 0 saturated heterocycles. The maximum Gasteiger partial charge on any atom is 0.220 e. The molecular formula is C19H20N+. The fraction of sp³-hybridized carbons (Fsp3) is 0.211. The number of hydrogen-bond donors (Lipinski definition) is 0. The number of benzene rings is 2. The molecule has 0 radical (unpaired) electrons. The number of fused-ring (bicyclic) bond motifs is 1. The highest BCUT2D eigenvalue weighted by Crippen LogP contribution is 2.30. The Bertz CT molecular complexity index is 895. The van der Waals surface area contributed by atoms with Crippen molar-refractivity contribution in [2.75, 3.05) is 0 Å². The van der Waals surface area contributed by atoms with Gasteiger partial charge in [0.15, 0.2) is 6.20 Å². The zero-order valence-corrected chi connectivity index (χ0v) is 12.1. The average molecular weight is 265 g/mol. The molecule has 0 fully saturated rings. The molecule has 1 aromatic heterocycles. The second kappa shape index (κ2) is 4.75. The Morgan fingerprint density at radius 2 is 1.85 bits per heavy atom. The van der Waals surface area contributed by atoms with E-state index in [4.69, 9.17) is 4.11 Å². The normalized spacial score (nSPS) is 13.8. The van der Waals surface area contributed by atoms with Crippen LogP contribution < -0.4 is 4.57 Å². The van der Waals surface area contributed by atoms with E-state index >= 15 is 0 Å². The quantitative estimate of drug-likeness (QED) is 0.579. The van der Waals surface area contributed by atoms with Crippen LogP contribution >= 0.6 is 0 Å². The molecule has 1 heterocycles. The second-order valence-electron chi connectivity index (χ2n) is 5.35. The highest BCUT2D eigenvalue weighted by Gasteiger charge is 2.17. The van der Waals surface area contributed by atoms with Crippen LogP contribution in [0.4, 0.5) is 0 Å². The van der Waals surface area contributed by atoms with Crippen LogP contribution in [0.3, 0.4) is 0 Å². The monoisotopic (exact) mass is 265 g/mol. The highest BCUT2D eigenvalue weighted by molar-refractivity contribution is 5.93. The summed E-state index contributed by atoms with van der Waals surface area (Å²) < 4.78 is 25.5. The molecule has 1 nitrogen and oxygen atoms in total. The molecule has 3 rings (SSSR count). The Kier molecular flexibility index (Phi) is 2.31. The van der Waals surface area contributed by atoms with Gasteiger partial charge >= 0.3 is 0 Å². The summed E-state index contributed by atoms with van der Waals surface area (Å²) in [6.45, 7) is 1.75. The van der Waals surface area contributed by atoms with Crippen LogP contribution in [0.1, 0.15) is 20.8 Å². The minimum Gasteiger partial charge on any atom is -0.200 e. The number of pyridine rings is 1. The van der Waals surface area contributed by atoms with Gasteiger partial charge in [-0.15, -0.1) is 0 Å². The fourth-order valence-electron chi connectivity index (χ4n) is 2.75. The van der Waals surface area contributed by atoms with Gasteiger partial charge in [-0.05, 0) is 49.3 Å². The predicted molar refractivity (Wildman–Crippen MR) is 84.8 cm³/mol. The summed E-state index contributed by atoms with van der Waals surface area (Å²) in [4.78, 5) is 0. The van der Waals surface area contributed by atoms with Crippen LogP contribution in [-0.4, -0.2) is 0 Å². The van der Waals surface area contributed by atoms with Crippen molar-refractivity contribution in [3.63, 3.8) is 0 Å². The van der Waals surface area contributed by atoms with Gasteiger partial charge in [-0.25, -0.2) is 4.57 Å². The minimum absolute atomic E-state index is 0.431. The number of aromatic nitrogens is 1. The molecule has 20 heavy (non-hydrogen) atoms. The van der Waals surface area contributed by atoms with Crippen LogP contribution in [0.5, 0.6) is 0 Å². The van der Waals surface area contributed by atoms with E-state index in [0.717, 1.165) is 33.2 Å². The molecule has 0 amide bonds. The minimum atomic E-state index is -2.10. The van der Waals surface area contributed by atoms with Gasteiger partial charge in [0.2, 0.25) is 5.69 Å². The first-order valence-corrected chi connectivity index (χ1v) is 6.78. The highest BCUT2D eigenvalue weighted by atomic mass is 14.9. The lowest BCUT2D eigenvalue weighted by molar-refractivity contribution is -0.659. The van der Waals surface area contributed by atoms with E-state index < -0.39 is 6.85 Å². The summed E-state index contributed by atoms with van der Waals surface area (Å²) >= 11 is 0. The van der Waals surface area contributed by atoms with E-state index in [-0.39, 0.29) is 0 Å². The topological polar surface area (TPSA) is 3.88 Å². The Balaban J connectivity index is 2.41. The van der Waals surface area contributed by atoms with Crippen LogP contribution in [-0.2, 0) is 7.05 Å². The third-order valence-corrected chi connectivity index (χ3v) is 3.85. The zero-order valence-electron chi connectivity index (χ0n) is 15.1. The third-order valence-electron chi connectivity index (χ3n) is 3.85. The first-order valence-electron chi connectivity index (χ1n) is 8.28. The summed E-state index contributed by atoms with van der Waals surface area (Å²) in [5.41, 5.74) is 4.25. The molecule has 0 aliphatic carbocycles. The fourth-order valence-corrected chi connectivity index (χ4v) is 2.75. The maximum atomic E-state index is 7.81. The van der Waals surface area contributed by atoms with Crippen LogP contribution in [0.15, 0.2) is 48.7 Å². The zero-order chi connectivity index (χ0) is 16.8. The Morgan fingerprint density at radius 3 is 2.65 bits per heavy atom. The first-order chi connectivity index (χ1) is 10.8. The molecule has 0 atom stereocenters. The molecule has 3 aromatic rings. The smallest absolute Gasteiger partial charge is 0.200 e. The van der Waals surface area contributed by atoms with Gasteiger partial charge in [0, 0.05) is 10.2 Å². The van der Waals surface area contributed by atoms with Gasteiger partial charge in [-0.1, -0.05) is 29.8 Å². The van der Waals surface area contributed by atoms with E-state index in [1.54, 1.807) is 6.07 Å². The molecule has 0 bridgehead atoms. The van der Waals surface area contributed by atoms with Gasteiger partial charge in [0.1, 0.15) is 7.05 Å². The summed E-state index contributed by atoms with van der Waals surface area (Å²) in [5, 5.41) is 2.28. The standard InChI is InChI=1S/C19H20N/c1-13-11-14(2)15(3)18(12-13)19-17-8-6-5-7-16(17)9-10-20(19)4/h5-12H,1-4H3/q+1/i2D3. The number of nitrogens with zero attached hydrogens (tertiary/aromatic N) is 1. The molecule has 0 saturated carbocycles. The van der Waals surface area contributed by atoms with Crippen molar-refractivity contribution in [2.45, 2.75) is 20.7 Å². The number of aryl methyl sites for hydroxylation is 3. The van der Waals surface area contributed by atoms with E-state index in [9.17, 15) is 0 Å². The first kappa shape index (κ1) is 9.71. The van der Waals surface area contributed by atoms with Crippen molar-refractivity contribution in [3.8, 4) is 11.3 Å².